The third-order valence-corrected chi connectivity index (χ3v) is 4.42. The average molecular weight is 401 g/mol. The second-order valence-electron chi connectivity index (χ2n) is 5.27. The van der Waals surface area contributed by atoms with Gasteiger partial charge < -0.3 is 4.74 Å². The number of hydrogen-bond donors (Lipinski definition) is 0. The first-order chi connectivity index (χ1) is 12.4. The molecule has 0 atom stereocenters. The van der Waals surface area contributed by atoms with Crippen LogP contribution in [0.5, 0.6) is 0 Å². The van der Waals surface area contributed by atoms with Crippen LogP contribution in [0, 0.1) is 0 Å². The quantitative estimate of drug-likeness (QED) is 0.221. The predicted molar refractivity (Wildman–Crippen MR) is 97.5 cm³/mol. The molecule has 0 aliphatic rings. The molecule has 0 aliphatic carbocycles. The molecule has 0 spiro atoms. The van der Waals surface area contributed by atoms with Crippen molar-refractivity contribution in [3.05, 3.63) is 65.7 Å². The van der Waals surface area contributed by atoms with Crippen molar-refractivity contribution in [3.63, 3.8) is 0 Å². The Kier molecular flexibility index (Phi) is 9.68. The predicted octanol–water partition coefficient (Wildman–Crippen LogP) is 2.74. The number of carbonyl (C=O) groups is 2. The molecule has 0 aromatic heterocycles. The maximum absolute atomic E-state index is 11.9. The zero-order chi connectivity index (χ0) is 19.0. The first-order valence-electron chi connectivity index (χ1n) is 7.92. The fraction of sp³-hybridized carbons (Fsp3) is 0.222. The Morgan fingerprint density at radius 2 is 1.44 bits per heavy atom. The van der Waals surface area contributed by atoms with E-state index in [0.29, 0.717) is 6.61 Å². The van der Waals surface area contributed by atoms with Gasteiger partial charge in [-0.15, -0.1) is 0 Å². The van der Waals surface area contributed by atoms with Crippen molar-refractivity contribution >= 4 is 51.6 Å². The molecule has 0 bridgehead atoms. The molecule has 1 radical (unpaired) electrons. The zero-order valence-electron chi connectivity index (χ0n) is 15.1. The van der Waals surface area contributed by atoms with E-state index in [1.165, 1.54) is 48.5 Å². The Bertz CT molecular complexity index is 849. The molecule has 7 nitrogen and oxygen atoms in total. The first kappa shape index (κ1) is 23.3. The van der Waals surface area contributed by atoms with Gasteiger partial charge in [0.25, 0.3) is 0 Å². The summed E-state index contributed by atoms with van der Waals surface area (Å²) in [6.45, 7) is 2.30. The van der Waals surface area contributed by atoms with Crippen LogP contribution in [-0.4, -0.2) is 56.5 Å². The number of carbonyl (C=O) groups excluding carboxylic acids is 2. The second-order valence-corrected chi connectivity index (χ2v) is 6.79. The molecule has 139 valence electrons. The minimum absolute atomic E-state index is 0. The Hall–Kier alpha value is -1.71. The fourth-order valence-electron chi connectivity index (χ4n) is 1.89. The molecule has 0 heterocycles. The number of unbranched alkanes of at least 4 members (excludes halogenated alkanes) is 1. The Morgan fingerprint density at radius 1 is 0.889 bits per heavy atom. The largest absolute Gasteiger partial charge is 0.462 e. The van der Waals surface area contributed by atoms with Crippen molar-refractivity contribution in [2.24, 2.45) is 0 Å². The number of benzene rings is 2. The van der Waals surface area contributed by atoms with E-state index in [1.807, 2.05) is 6.92 Å². The van der Waals surface area contributed by atoms with E-state index in [0.717, 1.165) is 12.8 Å². The minimum atomic E-state index is -4.21. The Morgan fingerprint density at radius 3 is 2.00 bits per heavy atom. The molecule has 0 saturated heterocycles. The summed E-state index contributed by atoms with van der Waals surface area (Å²) in [5.74, 6) is -1.50. The van der Waals surface area contributed by atoms with Crippen molar-refractivity contribution in [3.8, 4) is 0 Å². The molecular weight excluding hydrogens is 383 g/mol. The van der Waals surface area contributed by atoms with Crippen molar-refractivity contribution in [2.75, 3.05) is 6.61 Å². The third kappa shape index (κ3) is 7.08. The van der Waals surface area contributed by atoms with Crippen LogP contribution in [0.25, 0.3) is 0 Å². The molecule has 0 unspecified atom stereocenters. The van der Waals surface area contributed by atoms with E-state index in [1.54, 1.807) is 6.07 Å². The fourth-order valence-corrected chi connectivity index (χ4v) is 2.61. The summed E-state index contributed by atoms with van der Waals surface area (Å²) in [7, 11) is -4.21. The van der Waals surface area contributed by atoms with Crippen LogP contribution < -0.4 is 0 Å². The number of hydrogen-bond acceptors (Lipinski definition) is 7. The average Bonchev–Trinajstić information content (AvgIpc) is 2.67. The van der Waals surface area contributed by atoms with E-state index < -0.39 is 22.1 Å². The summed E-state index contributed by atoms with van der Waals surface area (Å²) in [5, 5.41) is 0. The summed E-state index contributed by atoms with van der Waals surface area (Å²) < 4.78 is 33.1. The molecule has 0 aliphatic heterocycles. The van der Waals surface area contributed by atoms with Crippen LogP contribution in [0.4, 0.5) is 0 Å². The SMILES string of the molecule is CCCCOC(=O)c1ccc(C(=O)OOS(=O)(=O)c2ccccc2)cc1.[Na]. The van der Waals surface area contributed by atoms with Crippen molar-refractivity contribution in [2.45, 2.75) is 24.7 Å². The van der Waals surface area contributed by atoms with Crippen LogP contribution in [0.1, 0.15) is 40.5 Å². The molecule has 2 aromatic rings. The molecule has 2 aromatic carbocycles. The van der Waals surface area contributed by atoms with Gasteiger partial charge in [-0.05, 0) is 47.2 Å². The Balaban J connectivity index is 0.00000364. The number of rotatable bonds is 8. The van der Waals surface area contributed by atoms with Crippen LogP contribution in [-0.2, 0) is 24.1 Å². The summed E-state index contributed by atoms with van der Waals surface area (Å²) in [5.41, 5.74) is 0.300. The molecule has 0 amide bonds. The molecule has 2 rings (SSSR count). The summed E-state index contributed by atoms with van der Waals surface area (Å²) in [6, 6.07) is 12.7. The van der Waals surface area contributed by atoms with Crippen LogP contribution in [0.3, 0.4) is 0 Å². The standard InChI is InChI=1S/C18H18O7S.Na/c1-2-3-13-23-17(19)14-9-11-15(12-10-14)18(20)24-25-26(21,22)16-7-5-4-6-8-16;/h4-12H,2-3,13H2,1H3;. The molecule has 9 heteroatoms. The van der Waals surface area contributed by atoms with Gasteiger partial charge in [-0.3, -0.25) is 4.89 Å². The van der Waals surface area contributed by atoms with Gasteiger partial charge in [0, 0.05) is 29.6 Å². The van der Waals surface area contributed by atoms with E-state index in [2.05, 4.69) is 9.22 Å². The van der Waals surface area contributed by atoms with E-state index in [9.17, 15) is 18.0 Å². The normalized spacial score (nSPS) is 10.6. The maximum atomic E-state index is 11.9. The zero-order valence-corrected chi connectivity index (χ0v) is 17.9. The monoisotopic (exact) mass is 401 g/mol. The molecule has 0 N–H and O–H groups in total. The van der Waals surface area contributed by atoms with Gasteiger partial charge in [0.1, 0.15) is 0 Å². The van der Waals surface area contributed by atoms with Crippen molar-refractivity contribution in [1.82, 2.24) is 0 Å². The van der Waals surface area contributed by atoms with Gasteiger partial charge in [-0.2, -0.15) is 8.42 Å². The molecule has 0 fully saturated rings. The second kappa shape index (κ2) is 11.2. The first-order valence-corrected chi connectivity index (χ1v) is 9.32. The van der Waals surface area contributed by atoms with Gasteiger partial charge in [-0.25, -0.2) is 9.59 Å². The minimum Gasteiger partial charge on any atom is -0.462 e. The van der Waals surface area contributed by atoms with E-state index in [-0.39, 0.29) is 45.6 Å². The number of esters is 1. The smallest absolute Gasteiger partial charge is 0.374 e. The van der Waals surface area contributed by atoms with Crippen LogP contribution in [0.2, 0.25) is 0 Å². The molecule has 27 heavy (non-hydrogen) atoms. The van der Waals surface area contributed by atoms with Gasteiger partial charge in [0.15, 0.2) is 0 Å². The van der Waals surface area contributed by atoms with Crippen LogP contribution >= 0.6 is 0 Å². The van der Waals surface area contributed by atoms with Crippen molar-refractivity contribution in [1.29, 1.82) is 0 Å². The summed E-state index contributed by atoms with van der Waals surface area (Å²) >= 11 is 0. The Labute approximate surface area is 180 Å². The van der Waals surface area contributed by atoms with Crippen LogP contribution in [0.15, 0.2) is 59.5 Å². The van der Waals surface area contributed by atoms with Gasteiger partial charge in [0.05, 0.1) is 22.6 Å². The summed E-state index contributed by atoms with van der Waals surface area (Å²) in [4.78, 5) is 27.9. The van der Waals surface area contributed by atoms with E-state index >= 15 is 0 Å². The molecular formula is C18H18NaO7S. The maximum Gasteiger partial charge on any atom is 0.374 e. The number of ether oxygens (including phenoxy) is 1. The van der Waals surface area contributed by atoms with E-state index in [4.69, 9.17) is 4.74 Å². The topological polar surface area (TPSA) is 96.0 Å². The van der Waals surface area contributed by atoms with Gasteiger partial charge >= 0.3 is 22.1 Å². The third-order valence-electron chi connectivity index (χ3n) is 3.32. The van der Waals surface area contributed by atoms with Gasteiger partial charge in [0.2, 0.25) is 0 Å². The van der Waals surface area contributed by atoms with Crippen molar-refractivity contribution < 1.29 is 32.0 Å². The molecule has 0 saturated carbocycles. The summed E-state index contributed by atoms with van der Waals surface area (Å²) in [6.07, 6.45) is 1.67. The van der Waals surface area contributed by atoms with Gasteiger partial charge in [-0.1, -0.05) is 31.5 Å².